The number of ether oxygens (including phenoxy) is 2. The Morgan fingerprint density at radius 1 is 1.19 bits per heavy atom. The SMILES string of the molecule is COc1cccc(/C=C2/SC(=O)N(CC(=O)Nc3ccc(F)cc3)C2=O)c1OCC(=O)O. The van der Waals surface area contributed by atoms with E-state index < -0.39 is 42.0 Å². The van der Waals surface area contributed by atoms with Crippen LogP contribution in [-0.4, -0.2) is 53.3 Å². The van der Waals surface area contributed by atoms with Gasteiger partial charge < -0.3 is 19.9 Å². The lowest BCUT2D eigenvalue weighted by molar-refractivity contribution is -0.139. The Kier molecular flexibility index (Phi) is 7.11. The van der Waals surface area contributed by atoms with E-state index in [1.807, 2.05) is 0 Å². The van der Waals surface area contributed by atoms with Crippen LogP contribution >= 0.6 is 11.8 Å². The summed E-state index contributed by atoms with van der Waals surface area (Å²) in [7, 11) is 1.38. The molecule has 3 rings (SSSR count). The number of aliphatic carboxylic acids is 1. The third-order valence-electron chi connectivity index (χ3n) is 4.16. The molecule has 9 nitrogen and oxygen atoms in total. The number of halogens is 1. The van der Waals surface area contributed by atoms with E-state index >= 15 is 0 Å². The van der Waals surface area contributed by atoms with Crippen LogP contribution in [0.4, 0.5) is 14.9 Å². The normalized spacial score (nSPS) is 14.6. The lowest BCUT2D eigenvalue weighted by Gasteiger charge is -2.13. The molecule has 0 spiro atoms. The largest absolute Gasteiger partial charge is 0.493 e. The van der Waals surface area contributed by atoms with E-state index in [1.54, 1.807) is 18.2 Å². The van der Waals surface area contributed by atoms with Crippen LogP contribution in [-0.2, 0) is 14.4 Å². The molecule has 1 aliphatic heterocycles. The van der Waals surface area contributed by atoms with Gasteiger partial charge in [-0.3, -0.25) is 19.3 Å². The zero-order valence-electron chi connectivity index (χ0n) is 16.7. The number of hydrogen-bond acceptors (Lipinski definition) is 7. The highest BCUT2D eigenvalue weighted by atomic mass is 32.2. The zero-order valence-corrected chi connectivity index (χ0v) is 17.5. The number of imide groups is 1. The number of amides is 3. The number of carboxylic acids is 1. The number of rotatable bonds is 8. The molecule has 2 aromatic rings. The maximum absolute atomic E-state index is 13.0. The molecule has 0 aliphatic carbocycles. The predicted molar refractivity (Wildman–Crippen MR) is 114 cm³/mol. The maximum Gasteiger partial charge on any atom is 0.341 e. The maximum atomic E-state index is 13.0. The Morgan fingerprint density at radius 3 is 2.56 bits per heavy atom. The molecule has 0 radical (unpaired) electrons. The number of hydrogen-bond donors (Lipinski definition) is 2. The molecule has 2 aromatic carbocycles. The number of benzene rings is 2. The molecule has 32 heavy (non-hydrogen) atoms. The van der Waals surface area contributed by atoms with Gasteiger partial charge in [-0.05, 0) is 48.2 Å². The molecule has 2 N–H and O–H groups in total. The first-order valence-electron chi connectivity index (χ1n) is 9.11. The van der Waals surface area contributed by atoms with E-state index in [0.29, 0.717) is 23.0 Å². The van der Waals surface area contributed by atoms with Gasteiger partial charge in [0.25, 0.3) is 11.1 Å². The highest BCUT2D eigenvalue weighted by Crippen LogP contribution is 2.37. The standard InChI is InChI=1S/C21H17FN2O7S/c1-30-15-4-2-3-12(19(15)31-11-18(26)27)9-16-20(28)24(21(29)32-16)10-17(25)23-14-7-5-13(22)6-8-14/h2-9H,10-11H2,1H3,(H,23,25)(H,26,27)/b16-9+. The Hall–Kier alpha value is -3.86. The highest BCUT2D eigenvalue weighted by Gasteiger charge is 2.36. The van der Waals surface area contributed by atoms with Crippen LogP contribution in [0.3, 0.4) is 0 Å². The third kappa shape index (κ3) is 5.43. The molecule has 0 aromatic heterocycles. The van der Waals surface area contributed by atoms with Crippen molar-refractivity contribution in [3.8, 4) is 11.5 Å². The Labute approximate surface area is 185 Å². The van der Waals surface area contributed by atoms with E-state index in [0.717, 1.165) is 17.0 Å². The summed E-state index contributed by atoms with van der Waals surface area (Å²) < 4.78 is 23.4. The first-order chi connectivity index (χ1) is 15.3. The molecule has 1 fully saturated rings. The van der Waals surface area contributed by atoms with Gasteiger partial charge in [-0.15, -0.1) is 0 Å². The molecule has 0 atom stereocenters. The second kappa shape index (κ2) is 9.96. The lowest BCUT2D eigenvalue weighted by Crippen LogP contribution is -2.36. The number of anilines is 1. The monoisotopic (exact) mass is 460 g/mol. The number of methoxy groups -OCH3 is 1. The van der Waals surface area contributed by atoms with Gasteiger partial charge >= 0.3 is 5.97 Å². The van der Waals surface area contributed by atoms with Crippen molar-refractivity contribution in [1.29, 1.82) is 0 Å². The van der Waals surface area contributed by atoms with E-state index in [1.165, 1.54) is 25.3 Å². The van der Waals surface area contributed by atoms with Crippen LogP contribution in [0.1, 0.15) is 5.56 Å². The first kappa shape index (κ1) is 22.8. The van der Waals surface area contributed by atoms with Crippen molar-refractivity contribution in [2.24, 2.45) is 0 Å². The number of nitrogens with zero attached hydrogens (tertiary/aromatic N) is 1. The molecule has 3 amide bonds. The summed E-state index contributed by atoms with van der Waals surface area (Å²) in [5, 5.41) is 10.7. The number of thioether (sulfide) groups is 1. The Balaban J connectivity index is 1.77. The fourth-order valence-electron chi connectivity index (χ4n) is 2.75. The fraction of sp³-hybridized carbons (Fsp3) is 0.143. The number of carboxylic acid groups (broad SMARTS) is 1. The number of carbonyl (C=O) groups excluding carboxylic acids is 3. The van der Waals surface area contributed by atoms with Gasteiger partial charge in [0.1, 0.15) is 12.4 Å². The average molecular weight is 460 g/mol. The minimum absolute atomic E-state index is 0.0259. The number of para-hydroxylation sites is 1. The molecule has 0 bridgehead atoms. The molecule has 0 unspecified atom stereocenters. The van der Waals surface area contributed by atoms with Gasteiger partial charge in [0.05, 0.1) is 12.0 Å². The van der Waals surface area contributed by atoms with Crippen molar-refractivity contribution in [3.63, 3.8) is 0 Å². The molecule has 1 saturated heterocycles. The van der Waals surface area contributed by atoms with Crippen molar-refractivity contribution in [3.05, 3.63) is 58.8 Å². The molecule has 11 heteroatoms. The van der Waals surface area contributed by atoms with Crippen LogP contribution < -0.4 is 14.8 Å². The van der Waals surface area contributed by atoms with Crippen molar-refractivity contribution >= 4 is 46.5 Å². The van der Waals surface area contributed by atoms with Gasteiger partial charge in [0, 0.05) is 11.3 Å². The van der Waals surface area contributed by atoms with Crippen LogP contribution in [0.5, 0.6) is 11.5 Å². The second-order valence-electron chi connectivity index (χ2n) is 6.38. The quantitative estimate of drug-likeness (QED) is 0.577. The van der Waals surface area contributed by atoms with Gasteiger partial charge in [-0.1, -0.05) is 12.1 Å². The summed E-state index contributed by atoms with van der Waals surface area (Å²) in [6.45, 7) is -1.16. The van der Waals surface area contributed by atoms with Crippen LogP contribution in [0.15, 0.2) is 47.4 Å². The van der Waals surface area contributed by atoms with Gasteiger partial charge in [0.15, 0.2) is 18.1 Å². The first-order valence-corrected chi connectivity index (χ1v) is 9.92. The molecule has 166 valence electrons. The summed E-state index contributed by atoms with van der Waals surface area (Å²) in [5.41, 5.74) is 0.641. The Morgan fingerprint density at radius 2 is 1.91 bits per heavy atom. The number of carbonyl (C=O) groups is 4. The number of nitrogens with one attached hydrogen (secondary N) is 1. The molecular weight excluding hydrogens is 443 g/mol. The molecule has 1 aliphatic rings. The average Bonchev–Trinajstić information content (AvgIpc) is 3.01. The predicted octanol–water partition coefficient (Wildman–Crippen LogP) is 2.97. The van der Waals surface area contributed by atoms with Crippen LogP contribution in [0, 0.1) is 5.82 Å². The smallest absolute Gasteiger partial charge is 0.341 e. The second-order valence-corrected chi connectivity index (χ2v) is 7.38. The molecular formula is C21H17FN2O7S. The third-order valence-corrected chi connectivity index (χ3v) is 5.07. The highest BCUT2D eigenvalue weighted by molar-refractivity contribution is 8.18. The van der Waals surface area contributed by atoms with Crippen LogP contribution in [0.25, 0.3) is 6.08 Å². The van der Waals surface area contributed by atoms with Crippen molar-refractivity contribution in [1.82, 2.24) is 4.90 Å². The van der Waals surface area contributed by atoms with Gasteiger partial charge in [-0.25, -0.2) is 9.18 Å². The molecule has 1 heterocycles. The van der Waals surface area contributed by atoms with Gasteiger partial charge in [0.2, 0.25) is 5.91 Å². The summed E-state index contributed by atoms with van der Waals surface area (Å²) >= 11 is 0.630. The zero-order chi connectivity index (χ0) is 23.3. The summed E-state index contributed by atoms with van der Waals surface area (Å²) in [6, 6.07) is 9.76. The van der Waals surface area contributed by atoms with Crippen molar-refractivity contribution < 1.29 is 38.1 Å². The van der Waals surface area contributed by atoms with Gasteiger partial charge in [-0.2, -0.15) is 0 Å². The minimum Gasteiger partial charge on any atom is -0.493 e. The van der Waals surface area contributed by atoms with Crippen molar-refractivity contribution in [2.75, 3.05) is 25.6 Å². The van der Waals surface area contributed by atoms with E-state index in [-0.39, 0.29) is 16.4 Å². The summed E-state index contributed by atoms with van der Waals surface area (Å²) in [5.74, 6) is -2.65. The van der Waals surface area contributed by atoms with E-state index in [9.17, 15) is 23.6 Å². The fourth-order valence-corrected chi connectivity index (χ4v) is 3.58. The summed E-state index contributed by atoms with van der Waals surface area (Å²) in [6.07, 6.45) is 1.36. The summed E-state index contributed by atoms with van der Waals surface area (Å²) in [4.78, 5) is 48.9. The topological polar surface area (TPSA) is 122 Å². The van der Waals surface area contributed by atoms with Crippen molar-refractivity contribution in [2.45, 2.75) is 0 Å². The molecule has 0 saturated carbocycles. The minimum atomic E-state index is -1.20. The lowest BCUT2D eigenvalue weighted by atomic mass is 10.1. The van der Waals surface area contributed by atoms with E-state index in [4.69, 9.17) is 14.6 Å². The Bertz CT molecular complexity index is 1100. The van der Waals surface area contributed by atoms with E-state index in [2.05, 4.69) is 5.32 Å². The van der Waals surface area contributed by atoms with Crippen LogP contribution in [0.2, 0.25) is 0 Å².